The van der Waals surface area contributed by atoms with Gasteiger partial charge < -0.3 is 5.32 Å². The van der Waals surface area contributed by atoms with Crippen LogP contribution in [0, 0.1) is 13.8 Å². The number of amides is 1. The molecule has 0 atom stereocenters. The number of hydrazone groups is 1. The van der Waals surface area contributed by atoms with Crippen molar-refractivity contribution in [3.05, 3.63) is 63.1 Å². The Morgan fingerprint density at radius 2 is 1.87 bits per heavy atom. The molecular weight excluding hydrogens is 333 g/mol. The van der Waals surface area contributed by atoms with Crippen LogP contribution in [0.15, 0.2) is 41.5 Å². The number of nitrogens with zero attached hydrogens (tertiary/aromatic N) is 1. The summed E-state index contributed by atoms with van der Waals surface area (Å²) in [6.45, 7) is 4.14. The highest BCUT2D eigenvalue weighted by atomic mass is 35.5. The van der Waals surface area contributed by atoms with Crippen molar-refractivity contribution in [2.24, 2.45) is 5.10 Å². The molecule has 1 amide bonds. The molecular formula is C17H17Cl2N3O. The average molecular weight is 350 g/mol. The van der Waals surface area contributed by atoms with Crippen molar-refractivity contribution in [2.75, 3.05) is 11.9 Å². The Hall–Kier alpha value is -2.04. The van der Waals surface area contributed by atoms with Crippen LogP contribution in [-0.4, -0.2) is 18.7 Å². The van der Waals surface area contributed by atoms with E-state index in [0.29, 0.717) is 15.6 Å². The summed E-state index contributed by atoms with van der Waals surface area (Å²) in [6, 6.07) is 11.2. The van der Waals surface area contributed by atoms with E-state index in [1.165, 1.54) is 11.8 Å². The van der Waals surface area contributed by atoms with Gasteiger partial charge in [0.25, 0.3) is 5.91 Å². The second-order valence-corrected chi connectivity index (χ2v) is 5.91. The molecule has 0 aliphatic heterocycles. The van der Waals surface area contributed by atoms with Crippen molar-refractivity contribution >= 4 is 41.0 Å². The number of anilines is 1. The minimum atomic E-state index is -0.260. The first-order valence-electron chi connectivity index (χ1n) is 7.04. The lowest BCUT2D eigenvalue weighted by atomic mass is 10.1. The molecule has 6 heteroatoms. The molecule has 2 N–H and O–H groups in total. The molecule has 2 rings (SSSR count). The van der Waals surface area contributed by atoms with E-state index >= 15 is 0 Å². The van der Waals surface area contributed by atoms with Gasteiger partial charge >= 0.3 is 0 Å². The predicted molar refractivity (Wildman–Crippen MR) is 96.6 cm³/mol. The van der Waals surface area contributed by atoms with Gasteiger partial charge in [0.15, 0.2) is 0 Å². The zero-order valence-corrected chi connectivity index (χ0v) is 14.4. The Kier molecular flexibility index (Phi) is 6.02. The Bertz CT molecular complexity index is 724. The minimum Gasteiger partial charge on any atom is -0.376 e. The molecule has 23 heavy (non-hydrogen) atoms. The van der Waals surface area contributed by atoms with E-state index in [4.69, 9.17) is 23.2 Å². The Morgan fingerprint density at radius 1 is 1.17 bits per heavy atom. The third-order valence-electron chi connectivity index (χ3n) is 3.20. The van der Waals surface area contributed by atoms with E-state index in [2.05, 4.69) is 21.9 Å². The average Bonchev–Trinajstić information content (AvgIpc) is 2.49. The number of carbonyl (C=O) groups excluding carboxylic acids is 1. The molecule has 0 aliphatic carbocycles. The van der Waals surface area contributed by atoms with Crippen molar-refractivity contribution in [3.63, 3.8) is 0 Å². The number of halogens is 2. The van der Waals surface area contributed by atoms with E-state index < -0.39 is 0 Å². The minimum absolute atomic E-state index is 0.123. The molecule has 0 heterocycles. The third kappa shape index (κ3) is 4.98. The zero-order valence-electron chi connectivity index (χ0n) is 12.9. The largest absolute Gasteiger partial charge is 0.376 e. The van der Waals surface area contributed by atoms with Crippen LogP contribution in [-0.2, 0) is 4.79 Å². The Balaban J connectivity index is 1.89. The molecule has 2 aromatic rings. The number of hydrogen-bond donors (Lipinski definition) is 2. The molecule has 0 saturated heterocycles. The van der Waals surface area contributed by atoms with Crippen LogP contribution in [0.1, 0.15) is 16.7 Å². The van der Waals surface area contributed by atoms with Gasteiger partial charge in [-0.25, -0.2) is 5.43 Å². The van der Waals surface area contributed by atoms with Crippen LogP contribution in [0.4, 0.5) is 5.69 Å². The van der Waals surface area contributed by atoms with Crippen LogP contribution >= 0.6 is 23.2 Å². The van der Waals surface area contributed by atoms with E-state index in [9.17, 15) is 4.79 Å². The van der Waals surface area contributed by atoms with Gasteiger partial charge in [-0.15, -0.1) is 0 Å². The lowest BCUT2D eigenvalue weighted by Crippen LogP contribution is -2.26. The third-order valence-corrected chi connectivity index (χ3v) is 3.86. The summed E-state index contributed by atoms with van der Waals surface area (Å²) in [5.74, 6) is -0.260. The number of hydrogen-bond acceptors (Lipinski definition) is 3. The van der Waals surface area contributed by atoms with Gasteiger partial charge in [0, 0.05) is 11.3 Å². The Morgan fingerprint density at radius 3 is 2.52 bits per heavy atom. The molecule has 0 spiro atoms. The highest BCUT2D eigenvalue weighted by Crippen LogP contribution is 2.22. The molecule has 0 aliphatic rings. The number of carbonyl (C=O) groups is 1. The molecule has 0 aromatic heterocycles. The lowest BCUT2D eigenvalue weighted by molar-refractivity contribution is -0.119. The second-order valence-electron chi connectivity index (χ2n) is 5.10. The number of aryl methyl sites for hydroxylation is 2. The van der Waals surface area contributed by atoms with E-state index in [-0.39, 0.29) is 12.5 Å². The topological polar surface area (TPSA) is 53.5 Å². The molecule has 4 nitrogen and oxygen atoms in total. The van der Waals surface area contributed by atoms with Gasteiger partial charge in [0.05, 0.1) is 22.8 Å². The van der Waals surface area contributed by atoms with Crippen LogP contribution in [0.3, 0.4) is 0 Å². The van der Waals surface area contributed by atoms with Crippen molar-refractivity contribution < 1.29 is 4.79 Å². The summed E-state index contributed by atoms with van der Waals surface area (Å²) in [7, 11) is 0. The molecule has 0 radical (unpaired) electrons. The molecule has 0 saturated carbocycles. The van der Waals surface area contributed by atoms with E-state index in [1.807, 2.05) is 26.0 Å². The molecule has 2 aromatic carbocycles. The fraction of sp³-hybridized carbons (Fsp3) is 0.176. The second kappa shape index (κ2) is 7.99. The maximum atomic E-state index is 11.8. The van der Waals surface area contributed by atoms with Gasteiger partial charge in [-0.3, -0.25) is 4.79 Å². The van der Waals surface area contributed by atoms with Crippen LogP contribution in [0.5, 0.6) is 0 Å². The summed E-state index contributed by atoms with van der Waals surface area (Å²) in [5.41, 5.74) is 6.19. The maximum absolute atomic E-state index is 11.8. The Labute approximate surface area is 145 Å². The first-order valence-corrected chi connectivity index (χ1v) is 7.80. The maximum Gasteiger partial charge on any atom is 0.259 e. The van der Waals surface area contributed by atoms with Crippen LogP contribution in [0.25, 0.3) is 0 Å². The first kappa shape index (κ1) is 17.3. The number of rotatable bonds is 5. The molecule has 0 fully saturated rings. The number of benzene rings is 2. The van der Waals surface area contributed by atoms with Crippen molar-refractivity contribution in [2.45, 2.75) is 13.8 Å². The van der Waals surface area contributed by atoms with Crippen molar-refractivity contribution in [1.29, 1.82) is 0 Å². The van der Waals surface area contributed by atoms with Gasteiger partial charge in [0.1, 0.15) is 0 Å². The van der Waals surface area contributed by atoms with E-state index in [1.54, 1.807) is 18.2 Å². The monoisotopic (exact) mass is 349 g/mol. The quantitative estimate of drug-likeness (QED) is 0.628. The van der Waals surface area contributed by atoms with Gasteiger partial charge in [-0.2, -0.15) is 5.10 Å². The lowest BCUT2D eigenvalue weighted by Gasteiger charge is -2.09. The van der Waals surface area contributed by atoms with Crippen LogP contribution < -0.4 is 10.7 Å². The normalized spacial score (nSPS) is 10.8. The summed E-state index contributed by atoms with van der Waals surface area (Å²) in [6.07, 6.45) is 1.43. The highest BCUT2D eigenvalue weighted by molar-refractivity contribution is 6.38. The fourth-order valence-electron chi connectivity index (χ4n) is 2.03. The van der Waals surface area contributed by atoms with Crippen LogP contribution in [0.2, 0.25) is 10.0 Å². The van der Waals surface area contributed by atoms with E-state index in [0.717, 1.165) is 11.3 Å². The molecule has 0 bridgehead atoms. The van der Waals surface area contributed by atoms with Crippen molar-refractivity contribution in [3.8, 4) is 0 Å². The van der Waals surface area contributed by atoms with Crippen molar-refractivity contribution in [1.82, 2.24) is 5.43 Å². The fourth-order valence-corrected chi connectivity index (χ4v) is 2.52. The van der Waals surface area contributed by atoms with Gasteiger partial charge in [0.2, 0.25) is 0 Å². The predicted octanol–water partition coefficient (Wildman–Crippen LogP) is 4.17. The highest BCUT2D eigenvalue weighted by Gasteiger charge is 2.04. The summed E-state index contributed by atoms with van der Waals surface area (Å²) in [4.78, 5) is 11.8. The standard InChI is InChI=1S/C17H17Cl2N3O/c1-11-6-7-16(12(2)8-11)20-10-17(23)22-21-9-13-14(18)4-3-5-15(13)19/h3-9,20H,10H2,1-2H3,(H,22,23)/b21-9-. The molecule has 0 unspecified atom stereocenters. The molecule has 120 valence electrons. The first-order chi connectivity index (χ1) is 11.0. The smallest absolute Gasteiger partial charge is 0.259 e. The SMILES string of the molecule is Cc1ccc(NCC(=O)N/N=C\c2c(Cl)cccc2Cl)c(C)c1. The van der Waals surface area contributed by atoms with Gasteiger partial charge in [-0.1, -0.05) is 47.0 Å². The summed E-state index contributed by atoms with van der Waals surface area (Å²) in [5, 5.41) is 7.90. The summed E-state index contributed by atoms with van der Waals surface area (Å²) >= 11 is 12.0. The van der Waals surface area contributed by atoms with Gasteiger partial charge in [-0.05, 0) is 37.6 Å². The summed E-state index contributed by atoms with van der Waals surface area (Å²) < 4.78 is 0. The number of nitrogens with one attached hydrogen (secondary N) is 2. The zero-order chi connectivity index (χ0) is 16.8.